The molecule has 0 aliphatic rings. The Hall–Kier alpha value is -1.56. The summed E-state index contributed by atoms with van der Waals surface area (Å²) in [6.07, 6.45) is -0.777. The molecule has 1 N–H and O–H groups in total. The summed E-state index contributed by atoms with van der Waals surface area (Å²) in [4.78, 5) is 12.4. The Labute approximate surface area is 181 Å². The maximum atomic E-state index is 13.0. The summed E-state index contributed by atoms with van der Waals surface area (Å²) in [5, 5.41) is 3.49. The lowest BCUT2D eigenvalue weighted by Crippen LogP contribution is -2.32. The van der Waals surface area contributed by atoms with Crippen LogP contribution in [0.15, 0.2) is 48.5 Å². The van der Waals surface area contributed by atoms with Crippen molar-refractivity contribution in [2.75, 3.05) is 19.4 Å². The highest BCUT2D eigenvalue weighted by atomic mass is 35.5. The van der Waals surface area contributed by atoms with Crippen molar-refractivity contribution in [3.05, 3.63) is 69.7 Å². The van der Waals surface area contributed by atoms with Gasteiger partial charge < -0.3 is 19.1 Å². The summed E-state index contributed by atoms with van der Waals surface area (Å²) in [5.41, 5.74) is 1.38. The van der Waals surface area contributed by atoms with E-state index >= 15 is 0 Å². The number of halogens is 2. The highest BCUT2D eigenvalue weighted by Crippen LogP contribution is 2.51. The van der Waals surface area contributed by atoms with Gasteiger partial charge in [-0.25, -0.2) is 4.79 Å². The van der Waals surface area contributed by atoms with Crippen LogP contribution < -0.4 is 5.32 Å². The van der Waals surface area contributed by atoms with E-state index in [1.807, 2.05) is 30.3 Å². The second-order valence-corrected chi connectivity index (χ2v) is 9.00. The minimum Gasteiger partial charge on any atom is -0.445 e. The molecule has 0 saturated heterocycles. The van der Waals surface area contributed by atoms with Gasteiger partial charge in [0.15, 0.2) is 0 Å². The number of carbonyl (C=O) groups is 1. The van der Waals surface area contributed by atoms with Crippen molar-refractivity contribution in [3.63, 3.8) is 0 Å². The maximum absolute atomic E-state index is 13.0. The molecule has 1 amide bonds. The molecule has 0 saturated carbocycles. The summed E-state index contributed by atoms with van der Waals surface area (Å²) in [6, 6.07) is 13.4. The summed E-state index contributed by atoms with van der Waals surface area (Å²) in [7, 11) is -3.47. The number of hydrogen-bond donors (Lipinski definition) is 1. The van der Waals surface area contributed by atoms with Crippen LogP contribution in [0.25, 0.3) is 0 Å². The summed E-state index contributed by atoms with van der Waals surface area (Å²) in [5.74, 6) is 0. The third kappa shape index (κ3) is 7.65. The van der Waals surface area contributed by atoms with Gasteiger partial charge >= 0.3 is 13.7 Å². The van der Waals surface area contributed by atoms with E-state index < -0.39 is 19.7 Å². The number of amides is 1. The molecule has 2 rings (SSSR count). The van der Waals surface area contributed by atoms with Crippen LogP contribution >= 0.6 is 30.8 Å². The molecule has 0 unspecified atom stereocenters. The van der Waals surface area contributed by atoms with Gasteiger partial charge in [-0.1, -0.05) is 59.6 Å². The Morgan fingerprint density at radius 1 is 1.07 bits per heavy atom. The number of alkyl carbamates (subject to hydrolysis) is 1. The number of rotatable bonds is 10. The predicted octanol–water partition coefficient (Wildman–Crippen LogP) is 6.23. The van der Waals surface area contributed by atoms with Crippen molar-refractivity contribution in [1.29, 1.82) is 0 Å². The van der Waals surface area contributed by atoms with Crippen LogP contribution in [0.3, 0.4) is 0 Å². The van der Waals surface area contributed by atoms with Gasteiger partial charge in [-0.15, -0.1) is 0 Å². The number of benzene rings is 2. The molecule has 0 aliphatic heterocycles. The first-order valence-electron chi connectivity index (χ1n) is 9.17. The van der Waals surface area contributed by atoms with Crippen LogP contribution in [0.5, 0.6) is 0 Å². The van der Waals surface area contributed by atoms with Crippen LogP contribution in [0.4, 0.5) is 4.79 Å². The van der Waals surface area contributed by atoms with Gasteiger partial charge in [-0.3, -0.25) is 4.57 Å². The first-order chi connectivity index (χ1) is 13.9. The lowest BCUT2D eigenvalue weighted by atomic mass is 10.1. The SMILES string of the molecule is CCOP(=O)(C[C@H](NC(=O)OCc1ccccc1)c1ccc(Cl)cc1Cl)OCC. The topological polar surface area (TPSA) is 73.9 Å². The van der Waals surface area contributed by atoms with Crippen LogP contribution in [0.1, 0.15) is 31.0 Å². The molecule has 0 spiro atoms. The van der Waals surface area contributed by atoms with Crippen LogP contribution in [0.2, 0.25) is 10.0 Å². The molecule has 9 heteroatoms. The van der Waals surface area contributed by atoms with E-state index in [4.69, 9.17) is 37.0 Å². The third-order valence-corrected chi connectivity index (χ3v) is 6.58. The van der Waals surface area contributed by atoms with E-state index in [-0.39, 0.29) is 26.0 Å². The van der Waals surface area contributed by atoms with Crippen molar-refractivity contribution in [2.45, 2.75) is 26.5 Å². The van der Waals surface area contributed by atoms with Crippen molar-refractivity contribution < 1.29 is 23.1 Å². The van der Waals surface area contributed by atoms with Crippen molar-refractivity contribution >= 4 is 36.9 Å². The van der Waals surface area contributed by atoms with Gasteiger partial charge in [0, 0.05) is 10.0 Å². The Balaban J connectivity index is 2.19. The Bertz CT molecular complexity index is 840. The van der Waals surface area contributed by atoms with Gasteiger partial charge in [0.25, 0.3) is 0 Å². The molecule has 158 valence electrons. The van der Waals surface area contributed by atoms with Gasteiger partial charge in [-0.05, 0) is 37.1 Å². The second kappa shape index (κ2) is 11.6. The molecule has 29 heavy (non-hydrogen) atoms. The molecule has 0 bridgehead atoms. The Kier molecular flexibility index (Phi) is 9.47. The zero-order chi connectivity index (χ0) is 21.3. The molecule has 0 aliphatic carbocycles. The predicted molar refractivity (Wildman–Crippen MR) is 115 cm³/mol. The van der Waals surface area contributed by atoms with Crippen LogP contribution in [-0.2, 0) is 25.0 Å². The van der Waals surface area contributed by atoms with Gasteiger partial charge in [0.05, 0.1) is 25.4 Å². The average Bonchev–Trinajstić information content (AvgIpc) is 2.67. The van der Waals surface area contributed by atoms with E-state index in [2.05, 4.69) is 5.32 Å². The molecule has 0 fully saturated rings. The molecule has 2 aromatic rings. The number of carbonyl (C=O) groups excluding carboxylic acids is 1. The normalized spacial score (nSPS) is 12.4. The first-order valence-corrected chi connectivity index (χ1v) is 11.7. The van der Waals surface area contributed by atoms with Crippen molar-refractivity contribution in [2.24, 2.45) is 0 Å². The van der Waals surface area contributed by atoms with Crippen LogP contribution in [-0.4, -0.2) is 25.5 Å². The fourth-order valence-electron chi connectivity index (χ4n) is 2.67. The molecule has 2 aromatic carbocycles. The molecular weight excluding hydrogens is 436 g/mol. The Morgan fingerprint density at radius 3 is 2.31 bits per heavy atom. The summed E-state index contributed by atoms with van der Waals surface area (Å²) >= 11 is 12.3. The third-order valence-electron chi connectivity index (χ3n) is 3.90. The smallest absolute Gasteiger partial charge is 0.407 e. The summed E-state index contributed by atoms with van der Waals surface area (Å²) < 4.78 is 29.1. The second-order valence-electron chi connectivity index (χ2n) is 6.05. The molecular formula is C20H24Cl2NO5P. The fourth-order valence-corrected chi connectivity index (χ4v) is 5.02. The van der Waals surface area contributed by atoms with Crippen molar-refractivity contribution in [1.82, 2.24) is 5.32 Å². The van der Waals surface area contributed by atoms with Gasteiger partial charge in [0.1, 0.15) is 6.61 Å². The number of hydrogen-bond acceptors (Lipinski definition) is 5. The number of ether oxygens (including phenoxy) is 1. The van der Waals surface area contributed by atoms with Crippen molar-refractivity contribution in [3.8, 4) is 0 Å². The van der Waals surface area contributed by atoms with E-state index in [1.54, 1.807) is 32.0 Å². The zero-order valence-electron chi connectivity index (χ0n) is 16.3. The zero-order valence-corrected chi connectivity index (χ0v) is 18.7. The highest BCUT2D eigenvalue weighted by molar-refractivity contribution is 7.53. The van der Waals surface area contributed by atoms with E-state index in [1.165, 1.54) is 0 Å². The monoisotopic (exact) mass is 459 g/mol. The molecule has 0 aromatic heterocycles. The largest absolute Gasteiger partial charge is 0.445 e. The standard InChI is InChI=1S/C20H24Cl2NO5P/c1-3-27-29(25,28-4-2)14-19(17-11-10-16(21)12-18(17)22)23-20(24)26-13-15-8-6-5-7-9-15/h5-12,19H,3-4,13-14H2,1-2H3,(H,23,24)/t19-/m0/s1. The Morgan fingerprint density at radius 2 is 1.72 bits per heavy atom. The maximum Gasteiger partial charge on any atom is 0.407 e. The van der Waals surface area contributed by atoms with E-state index in [0.717, 1.165) is 5.56 Å². The lowest BCUT2D eigenvalue weighted by molar-refractivity contribution is 0.136. The summed E-state index contributed by atoms with van der Waals surface area (Å²) in [6.45, 7) is 3.95. The average molecular weight is 460 g/mol. The molecule has 1 atom stereocenters. The van der Waals surface area contributed by atoms with Crippen LogP contribution in [0, 0.1) is 0 Å². The molecule has 6 nitrogen and oxygen atoms in total. The van der Waals surface area contributed by atoms with Gasteiger partial charge in [0.2, 0.25) is 0 Å². The lowest BCUT2D eigenvalue weighted by Gasteiger charge is -2.25. The van der Waals surface area contributed by atoms with E-state index in [9.17, 15) is 9.36 Å². The first kappa shape index (κ1) is 23.7. The molecule has 0 radical (unpaired) electrons. The number of nitrogens with one attached hydrogen (secondary N) is 1. The minimum absolute atomic E-state index is 0.0995. The molecule has 0 heterocycles. The quantitative estimate of drug-likeness (QED) is 0.426. The van der Waals surface area contributed by atoms with Gasteiger partial charge in [-0.2, -0.15) is 0 Å². The minimum atomic E-state index is -3.47. The van der Waals surface area contributed by atoms with E-state index in [0.29, 0.717) is 15.6 Å². The fraction of sp³-hybridized carbons (Fsp3) is 0.350. The highest BCUT2D eigenvalue weighted by Gasteiger charge is 2.32.